The third-order valence-corrected chi connectivity index (χ3v) is 2.84. The highest BCUT2D eigenvalue weighted by atomic mass is 15.3. The zero-order valence-corrected chi connectivity index (χ0v) is 11.0. The molecule has 1 atom stereocenters. The van der Waals surface area contributed by atoms with Crippen LogP contribution in [0.2, 0.25) is 0 Å². The van der Waals surface area contributed by atoms with Crippen LogP contribution >= 0.6 is 0 Å². The SMILES string of the molecule is CC(C#N)CN(C)c1nc(NN)nc2ccccc12. The van der Waals surface area contributed by atoms with Crippen LogP contribution in [0.15, 0.2) is 24.3 Å². The fourth-order valence-corrected chi connectivity index (χ4v) is 1.95. The number of fused-ring (bicyclic) bond motifs is 1. The second-order valence-corrected chi connectivity index (χ2v) is 4.44. The number of hydrazine groups is 1. The van der Waals surface area contributed by atoms with E-state index in [1.54, 1.807) is 0 Å². The van der Waals surface area contributed by atoms with Crippen molar-refractivity contribution < 1.29 is 0 Å². The van der Waals surface area contributed by atoms with Gasteiger partial charge in [-0.25, -0.2) is 10.8 Å². The molecule has 0 radical (unpaired) electrons. The normalized spacial score (nSPS) is 11.9. The number of nitrogens with one attached hydrogen (secondary N) is 1. The molecule has 0 fully saturated rings. The van der Waals surface area contributed by atoms with Gasteiger partial charge in [0.15, 0.2) is 0 Å². The van der Waals surface area contributed by atoms with E-state index in [2.05, 4.69) is 21.5 Å². The molecule has 0 aliphatic carbocycles. The highest BCUT2D eigenvalue weighted by molar-refractivity contribution is 5.90. The van der Waals surface area contributed by atoms with Crippen molar-refractivity contribution in [3.05, 3.63) is 24.3 Å². The van der Waals surface area contributed by atoms with Crippen molar-refractivity contribution in [3.8, 4) is 6.07 Å². The van der Waals surface area contributed by atoms with E-state index in [0.717, 1.165) is 16.7 Å². The van der Waals surface area contributed by atoms with Gasteiger partial charge >= 0.3 is 0 Å². The van der Waals surface area contributed by atoms with Crippen molar-refractivity contribution in [1.29, 1.82) is 5.26 Å². The molecule has 1 unspecified atom stereocenters. The summed E-state index contributed by atoms with van der Waals surface area (Å²) >= 11 is 0. The van der Waals surface area contributed by atoms with Crippen molar-refractivity contribution in [3.63, 3.8) is 0 Å². The lowest BCUT2D eigenvalue weighted by atomic mass is 10.2. The standard InChI is InChI=1S/C13H16N6/c1-9(7-14)8-19(2)12-10-5-3-4-6-11(10)16-13(17-12)18-15/h3-6,9H,8,15H2,1-2H3,(H,16,17,18). The molecule has 3 N–H and O–H groups in total. The highest BCUT2D eigenvalue weighted by Crippen LogP contribution is 2.24. The zero-order chi connectivity index (χ0) is 13.8. The third kappa shape index (κ3) is 2.72. The predicted octanol–water partition coefficient (Wildman–Crippen LogP) is 1.51. The molecular weight excluding hydrogens is 240 g/mol. The first-order chi connectivity index (χ1) is 9.15. The number of rotatable bonds is 4. The lowest BCUT2D eigenvalue weighted by Crippen LogP contribution is -2.25. The molecule has 0 aliphatic rings. The van der Waals surface area contributed by atoms with Gasteiger partial charge in [0.2, 0.25) is 5.95 Å². The molecule has 0 bridgehead atoms. The molecule has 2 rings (SSSR count). The van der Waals surface area contributed by atoms with E-state index in [-0.39, 0.29) is 5.92 Å². The van der Waals surface area contributed by atoms with Gasteiger partial charge < -0.3 is 4.90 Å². The van der Waals surface area contributed by atoms with Crippen molar-refractivity contribution in [2.75, 3.05) is 23.9 Å². The topological polar surface area (TPSA) is 90.9 Å². The number of nitriles is 1. The smallest absolute Gasteiger partial charge is 0.239 e. The molecule has 0 spiro atoms. The number of nitrogens with zero attached hydrogens (tertiary/aromatic N) is 4. The molecule has 6 heteroatoms. The van der Waals surface area contributed by atoms with Crippen LogP contribution < -0.4 is 16.2 Å². The zero-order valence-electron chi connectivity index (χ0n) is 11.0. The summed E-state index contributed by atoms with van der Waals surface area (Å²) in [5, 5.41) is 9.84. The molecule has 2 aromatic rings. The Labute approximate surface area is 111 Å². The summed E-state index contributed by atoms with van der Waals surface area (Å²) in [6.07, 6.45) is 0. The van der Waals surface area contributed by atoms with Crippen LogP contribution in [0.4, 0.5) is 11.8 Å². The summed E-state index contributed by atoms with van der Waals surface area (Å²) in [6.45, 7) is 2.48. The number of hydrogen-bond acceptors (Lipinski definition) is 6. The molecular formula is C13H16N6. The van der Waals surface area contributed by atoms with E-state index in [9.17, 15) is 0 Å². The van der Waals surface area contributed by atoms with Crippen LogP contribution in [0.25, 0.3) is 10.9 Å². The van der Waals surface area contributed by atoms with Crippen molar-refractivity contribution in [2.45, 2.75) is 6.92 Å². The number of para-hydroxylation sites is 1. The second kappa shape index (κ2) is 5.50. The average Bonchev–Trinajstić information content (AvgIpc) is 2.45. The second-order valence-electron chi connectivity index (χ2n) is 4.44. The number of benzene rings is 1. The first kappa shape index (κ1) is 13.1. The molecule has 1 aromatic heterocycles. The Kier molecular flexibility index (Phi) is 3.78. The lowest BCUT2D eigenvalue weighted by molar-refractivity contribution is 0.711. The molecule has 0 saturated carbocycles. The van der Waals surface area contributed by atoms with Gasteiger partial charge in [0.1, 0.15) is 5.82 Å². The summed E-state index contributed by atoms with van der Waals surface area (Å²) in [6, 6.07) is 9.93. The monoisotopic (exact) mass is 256 g/mol. The van der Waals surface area contributed by atoms with Gasteiger partial charge in [-0.1, -0.05) is 12.1 Å². The van der Waals surface area contributed by atoms with E-state index in [1.807, 2.05) is 43.1 Å². The predicted molar refractivity (Wildman–Crippen MR) is 75.4 cm³/mol. The highest BCUT2D eigenvalue weighted by Gasteiger charge is 2.13. The van der Waals surface area contributed by atoms with Crippen LogP contribution in [0.5, 0.6) is 0 Å². The van der Waals surface area contributed by atoms with E-state index < -0.39 is 0 Å². The van der Waals surface area contributed by atoms with Crippen LogP contribution in [-0.4, -0.2) is 23.6 Å². The Morgan fingerprint density at radius 3 is 2.84 bits per heavy atom. The molecule has 0 saturated heterocycles. The van der Waals surface area contributed by atoms with E-state index >= 15 is 0 Å². The van der Waals surface area contributed by atoms with Crippen LogP contribution in [0.3, 0.4) is 0 Å². The Morgan fingerprint density at radius 2 is 2.16 bits per heavy atom. The minimum Gasteiger partial charge on any atom is -0.358 e. The van der Waals surface area contributed by atoms with E-state index in [0.29, 0.717) is 12.5 Å². The maximum Gasteiger partial charge on any atom is 0.239 e. The largest absolute Gasteiger partial charge is 0.358 e. The van der Waals surface area contributed by atoms with E-state index in [1.165, 1.54) is 0 Å². The van der Waals surface area contributed by atoms with Crippen molar-refractivity contribution >= 4 is 22.7 Å². The number of anilines is 2. The first-order valence-electron chi connectivity index (χ1n) is 6.00. The van der Waals surface area contributed by atoms with E-state index in [4.69, 9.17) is 11.1 Å². The van der Waals surface area contributed by atoms with Gasteiger partial charge in [-0.3, -0.25) is 5.43 Å². The van der Waals surface area contributed by atoms with Gasteiger partial charge in [0, 0.05) is 19.0 Å². The quantitative estimate of drug-likeness (QED) is 0.636. The van der Waals surface area contributed by atoms with Gasteiger partial charge in [0.25, 0.3) is 0 Å². The summed E-state index contributed by atoms with van der Waals surface area (Å²) in [5.41, 5.74) is 3.28. The molecule has 0 amide bonds. The minimum absolute atomic E-state index is 0.0759. The summed E-state index contributed by atoms with van der Waals surface area (Å²) < 4.78 is 0. The van der Waals surface area contributed by atoms with Gasteiger partial charge in [0.05, 0.1) is 17.5 Å². The van der Waals surface area contributed by atoms with Gasteiger partial charge in [-0.05, 0) is 19.1 Å². The fraction of sp³-hybridized carbons (Fsp3) is 0.308. The van der Waals surface area contributed by atoms with Crippen LogP contribution in [-0.2, 0) is 0 Å². The Hall–Kier alpha value is -2.39. The Balaban J connectivity index is 2.48. The maximum atomic E-state index is 8.90. The number of aromatic nitrogens is 2. The fourth-order valence-electron chi connectivity index (χ4n) is 1.95. The lowest BCUT2D eigenvalue weighted by Gasteiger charge is -2.21. The first-order valence-corrected chi connectivity index (χ1v) is 6.00. The molecule has 98 valence electrons. The van der Waals surface area contributed by atoms with Crippen LogP contribution in [0, 0.1) is 17.2 Å². The number of hydrogen-bond donors (Lipinski definition) is 2. The van der Waals surface area contributed by atoms with Crippen molar-refractivity contribution in [2.24, 2.45) is 11.8 Å². The maximum absolute atomic E-state index is 8.90. The summed E-state index contributed by atoms with van der Waals surface area (Å²) in [7, 11) is 1.91. The molecule has 6 nitrogen and oxygen atoms in total. The third-order valence-electron chi connectivity index (χ3n) is 2.84. The Morgan fingerprint density at radius 1 is 1.42 bits per heavy atom. The molecule has 0 aliphatic heterocycles. The Bertz CT molecular complexity index is 618. The van der Waals surface area contributed by atoms with Gasteiger partial charge in [-0.15, -0.1) is 0 Å². The molecule has 1 heterocycles. The number of nitrogen functional groups attached to an aromatic ring is 1. The van der Waals surface area contributed by atoms with Crippen LogP contribution in [0.1, 0.15) is 6.92 Å². The molecule has 19 heavy (non-hydrogen) atoms. The summed E-state index contributed by atoms with van der Waals surface area (Å²) in [5.74, 6) is 6.45. The molecule has 1 aromatic carbocycles. The van der Waals surface area contributed by atoms with Crippen molar-refractivity contribution in [1.82, 2.24) is 9.97 Å². The van der Waals surface area contributed by atoms with Gasteiger partial charge in [-0.2, -0.15) is 10.2 Å². The minimum atomic E-state index is -0.0759. The number of nitrogens with two attached hydrogens (primary N) is 1. The average molecular weight is 256 g/mol. The summed E-state index contributed by atoms with van der Waals surface area (Å²) in [4.78, 5) is 10.6.